The lowest BCUT2D eigenvalue weighted by Crippen LogP contribution is -2.51. The summed E-state index contributed by atoms with van der Waals surface area (Å²) in [5.74, 6) is 2.93. The molecule has 4 fully saturated rings. The van der Waals surface area contributed by atoms with Crippen molar-refractivity contribution >= 4 is 27.9 Å². The lowest BCUT2D eigenvalue weighted by atomic mass is 9.49. The third-order valence-corrected chi connectivity index (χ3v) is 8.39. The van der Waals surface area contributed by atoms with Crippen LogP contribution < -0.4 is 15.6 Å². The van der Waals surface area contributed by atoms with Gasteiger partial charge in [-0.2, -0.15) is 0 Å². The number of hydrogen-bond donors (Lipinski definition) is 1. The summed E-state index contributed by atoms with van der Waals surface area (Å²) in [5.41, 5.74) is 2.02. The van der Waals surface area contributed by atoms with Gasteiger partial charge in [-0.25, -0.2) is 4.98 Å². The molecule has 0 saturated heterocycles. The minimum absolute atomic E-state index is 0.117. The summed E-state index contributed by atoms with van der Waals surface area (Å²) in [4.78, 5) is 31.0. The fraction of sp³-hybridized carbons (Fsp3) is 0.480. The summed E-state index contributed by atoms with van der Waals surface area (Å²) in [5, 5.41) is 5.07. The van der Waals surface area contributed by atoms with Gasteiger partial charge in [0.25, 0.3) is 5.56 Å². The van der Waals surface area contributed by atoms with Crippen LogP contribution in [0.25, 0.3) is 4.96 Å². The Bertz CT molecular complexity index is 1230. The quantitative estimate of drug-likeness (QED) is 0.607. The number of aryl methyl sites for hydroxylation is 1. The van der Waals surface area contributed by atoms with Crippen molar-refractivity contribution in [3.63, 3.8) is 0 Å². The lowest BCUT2D eigenvalue weighted by Gasteiger charge is -2.55. The Morgan fingerprint density at radius 3 is 2.62 bits per heavy atom. The molecule has 4 saturated carbocycles. The Morgan fingerprint density at radius 2 is 1.91 bits per heavy atom. The van der Waals surface area contributed by atoms with Crippen molar-refractivity contribution in [1.82, 2.24) is 9.38 Å². The van der Waals surface area contributed by atoms with Gasteiger partial charge in [-0.1, -0.05) is 6.07 Å². The molecule has 2 heterocycles. The summed E-state index contributed by atoms with van der Waals surface area (Å²) in [6.45, 7) is 2.18. The van der Waals surface area contributed by atoms with Crippen molar-refractivity contribution < 1.29 is 9.53 Å². The smallest absolute Gasteiger partial charge is 0.258 e. The van der Waals surface area contributed by atoms with Crippen molar-refractivity contribution in [2.45, 2.75) is 52.1 Å². The average molecular weight is 450 g/mol. The maximum atomic E-state index is 13.5. The number of anilines is 1. The highest BCUT2D eigenvalue weighted by molar-refractivity contribution is 7.15. The molecular formula is C25H27N3O3S. The number of benzene rings is 1. The second-order valence-corrected chi connectivity index (χ2v) is 11.0. The van der Waals surface area contributed by atoms with Crippen LogP contribution in [0.5, 0.6) is 5.75 Å². The van der Waals surface area contributed by atoms with Crippen molar-refractivity contribution in [3.8, 4) is 5.75 Å². The molecule has 0 aliphatic heterocycles. The number of ether oxygens (including phenoxy) is 1. The highest BCUT2D eigenvalue weighted by atomic mass is 32.1. The van der Waals surface area contributed by atoms with E-state index in [0.717, 1.165) is 42.6 Å². The van der Waals surface area contributed by atoms with Gasteiger partial charge in [0.1, 0.15) is 12.4 Å². The molecule has 166 valence electrons. The molecule has 1 aromatic carbocycles. The minimum Gasteiger partial charge on any atom is -0.485 e. The summed E-state index contributed by atoms with van der Waals surface area (Å²) in [7, 11) is 0. The van der Waals surface area contributed by atoms with E-state index in [2.05, 4.69) is 10.3 Å². The average Bonchev–Trinajstić information content (AvgIpc) is 3.21. The second kappa shape index (κ2) is 7.44. The van der Waals surface area contributed by atoms with Gasteiger partial charge < -0.3 is 10.1 Å². The van der Waals surface area contributed by atoms with Crippen molar-refractivity contribution in [2.24, 2.45) is 23.2 Å². The van der Waals surface area contributed by atoms with Crippen molar-refractivity contribution in [2.75, 3.05) is 5.32 Å². The van der Waals surface area contributed by atoms with E-state index in [0.29, 0.717) is 22.1 Å². The first-order valence-corrected chi connectivity index (χ1v) is 12.4. The van der Waals surface area contributed by atoms with Crippen molar-refractivity contribution in [3.05, 3.63) is 57.5 Å². The summed E-state index contributed by atoms with van der Waals surface area (Å²) in [6, 6.07) is 7.34. The van der Waals surface area contributed by atoms with Gasteiger partial charge in [0, 0.05) is 17.6 Å². The predicted molar refractivity (Wildman–Crippen MR) is 124 cm³/mol. The van der Waals surface area contributed by atoms with Gasteiger partial charge >= 0.3 is 0 Å². The third kappa shape index (κ3) is 3.43. The fourth-order valence-electron chi connectivity index (χ4n) is 6.62. The van der Waals surface area contributed by atoms with Gasteiger partial charge in [0.2, 0.25) is 5.91 Å². The molecule has 32 heavy (non-hydrogen) atoms. The van der Waals surface area contributed by atoms with E-state index < -0.39 is 0 Å². The molecule has 6 nitrogen and oxygen atoms in total. The summed E-state index contributed by atoms with van der Waals surface area (Å²) in [6.07, 6.45) is 8.75. The van der Waals surface area contributed by atoms with Crippen LogP contribution >= 0.6 is 11.3 Å². The monoisotopic (exact) mass is 449 g/mol. The van der Waals surface area contributed by atoms with E-state index in [4.69, 9.17) is 4.74 Å². The van der Waals surface area contributed by atoms with Crippen LogP contribution in [-0.2, 0) is 11.4 Å². The number of carbonyl (C=O) groups is 1. The number of nitrogens with zero attached hydrogens (tertiary/aromatic N) is 2. The Kier molecular flexibility index (Phi) is 4.64. The normalized spacial score (nSPS) is 28.2. The van der Waals surface area contributed by atoms with Gasteiger partial charge in [-0.05, 0) is 80.9 Å². The number of amides is 1. The molecule has 3 aromatic rings. The molecule has 1 amide bonds. The fourth-order valence-corrected chi connectivity index (χ4v) is 7.36. The third-order valence-electron chi connectivity index (χ3n) is 7.63. The molecule has 0 unspecified atom stereocenters. The second-order valence-electron chi connectivity index (χ2n) is 10.1. The van der Waals surface area contributed by atoms with E-state index in [-0.39, 0.29) is 23.5 Å². The zero-order chi connectivity index (χ0) is 21.9. The lowest BCUT2D eigenvalue weighted by molar-refractivity contribution is -0.140. The van der Waals surface area contributed by atoms with Gasteiger partial charge in [-0.3, -0.25) is 14.0 Å². The Morgan fingerprint density at radius 1 is 1.19 bits per heavy atom. The van der Waals surface area contributed by atoms with Crippen LogP contribution in [0.4, 0.5) is 5.69 Å². The molecule has 1 N–H and O–H groups in total. The van der Waals surface area contributed by atoms with Gasteiger partial charge in [0.05, 0.1) is 16.8 Å². The Balaban J connectivity index is 1.23. The summed E-state index contributed by atoms with van der Waals surface area (Å²) < 4.78 is 7.58. The molecule has 7 rings (SSSR count). The molecule has 0 atom stereocenters. The van der Waals surface area contributed by atoms with Crippen LogP contribution in [0.2, 0.25) is 0 Å². The van der Waals surface area contributed by atoms with E-state index in [1.807, 2.05) is 30.5 Å². The van der Waals surface area contributed by atoms with Crippen molar-refractivity contribution in [1.29, 1.82) is 0 Å². The molecule has 4 bridgehead atoms. The topological polar surface area (TPSA) is 72.7 Å². The number of aromatic nitrogens is 2. The van der Waals surface area contributed by atoms with Gasteiger partial charge in [-0.15, -0.1) is 11.3 Å². The molecular weight excluding hydrogens is 422 g/mol. The van der Waals surface area contributed by atoms with Crippen LogP contribution in [0, 0.1) is 30.1 Å². The molecule has 0 radical (unpaired) electrons. The predicted octanol–water partition coefficient (Wildman–Crippen LogP) is 4.80. The zero-order valence-corrected chi connectivity index (χ0v) is 19.0. The Hall–Kier alpha value is -2.67. The van der Waals surface area contributed by atoms with E-state index >= 15 is 0 Å². The van der Waals surface area contributed by atoms with Gasteiger partial charge in [0.15, 0.2) is 4.96 Å². The SMILES string of the molecule is Cc1ccc(OCc2cc(=O)n3ccsc3n2)c(NC(=O)C23CC4CC(CC(C4)C2)C3)c1. The molecule has 7 heteroatoms. The first-order valence-electron chi connectivity index (χ1n) is 11.5. The van der Waals surface area contributed by atoms with Crippen LogP contribution in [0.3, 0.4) is 0 Å². The number of hydrogen-bond acceptors (Lipinski definition) is 5. The number of rotatable bonds is 5. The maximum absolute atomic E-state index is 13.5. The molecule has 0 spiro atoms. The van der Waals surface area contributed by atoms with Crippen LogP contribution in [0.1, 0.15) is 49.8 Å². The highest BCUT2D eigenvalue weighted by Gasteiger charge is 2.54. The highest BCUT2D eigenvalue weighted by Crippen LogP contribution is 2.60. The van der Waals surface area contributed by atoms with E-state index in [1.54, 1.807) is 6.20 Å². The number of fused-ring (bicyclic) bond motifs is 1. The molecule has 2 aromatic heterocycles. The first kappa shape index (κ1) is 20.0. The zero-order valence-electron chi connectivity index (χ0n) is 18.2. The standard InChI is InChI=1S/C25H27N3O3S/c1-15-2-3-21(31-14-19-10-22(29)28-4-5-32-24(28)26-19)20(6-15)27-23(30)25-11-16-7-17(12-25)9-18(8-16)13-25/h2-6,10,16-18H,7-9,11-14H2,1H3,(H,27,30). The Labute approximate surface area is 190 Å². The largest absolute Gasteiger partial charge is 0.485 e. The molecule has 4 aliphatic rings. The summed E-state index contributed by atoms with van der Waals surface area (Å²) >= 11 is 1.42. The maximum Gasteiger partial charge on any atom is 0.258 e. The van der Waals surface area contributed by atoms with E-state index in [1.165, 1.54) is 41.1 Å². The minimum atomic E-state index is -0.212. The number of thiazole rings is 1. The first-order chi connectivity index (χ1) is 15.5. The molecule has 4 aliphatic carbocycles. The van der Waals surface area contributed by atoms with Crippen LogP contribution in [-0.4, -0.2) is 15.3 Å². The number of carbonyl (C=O) groups excluding carboxylic acids is 1. The van der Waals surface area contributed by atoms with Crippen LogP contribution in [0.15, 0.2) is 40.6 Å². The van der Waals surface area contributed by atoms with E-state index in [9.17, 15) is 9.59 Å². The number of nitrogens with one attached hydrogen (secondary N) is 1.